The van der Waals surface area contributed by atoms with Crippen LogP contribution in [-0.2, 0) is 24.6 Å². The summed E-state index contributed by atoms with van der Waals surface area (Å²) >= 11 is 5.53. The van der Waals surface area contributed by atoms with Crippen LogP contribution in [-0.4, -0.2) is 72.3 Å². The van der Waals surface area contributed by atoms with Gasteiger partial charge in [0.1, 0.15) is 68.8 Å². The molecular weight excluding hydrogens is 1010 g/mol. The summed E-state index contributed by atoms with van der Waals surface area (Å²) < 4.78 is 70.8. The summed E-state index contributed by atoms with van der Waals surface area (Å²) in [5.74, 6) is 2.79. The van der Waals surface area contributed by atoms with Gasteiger partial charge in [0.25, 0.3) is 10.4 Å². The van der Waals surface area contributed by atoms with Gasteiger partial charge in [-0.1, -0.05) is 18.2 Å². The molecule has 23 heteroatoms. The Bertz CT molecular complexity index is 3880. The number of imidazole rings is 2. The van der Waals surface area contributed by atoms with Crippen LogP contribution in [0.3, 0.4) is 0 Å². The maximum absolute atomic E-state index is 14.3. The Hall–Kier alpha value is -7.96. The van der Waals surface area contributed by atoms with E-state index >= 15 is 0 Å². The summed E-state index contributed by atoms with van der Waals surface area (Å²) in [6.45, 7) is 2.70. The van der Waals surface area contributed by atoms with Gasteiger partial charge in [-0.05, 0) is 65.5 Å². The Labute approximate surface area is 422 Å². The monoisotopic (exact) mass is 1040 g/mol. The molecule has 18 nitrogen and oxygen atoms in total. The minimum absolute atomic E-state index is 0.0226. The Kier molecular flexibility index (Phi) is 11.9. The lowest BCUT2D eigenvalue weighted by Gasteiger charge is -2.08. The van der Waals surface area contributed by atoms with Gasteiger partial charge in [-0.25, -0.2) is 34.0 Å². The number of benzene rings is 3. The molecule has 3 aromatic carbocycles. The first-order chi connectivity index (χ1) is 35.2. The highest BCUT2D eigenvalue weighted by atomic mass is 32.1. The zero-order valence-corrected chi connectivity index (χ0v) is 41.5. The van der Waals surface area contributed by atoms with E-state index in [2.05, 4.69) is 31.2 Å². The summed E-state index contributed by atoms with van der Waals surface area (Å²) in [5, 5.41) is 14.6. The van der Waals surface area contributed by atoms with Crippen LogP contribution in [0.25, 0.3) is 75.9 Å². The van der Waals surface area contributed by atoms with Crippen LogP contribution in [0, 0.1) is 12.9 Å². The van der Waals surface area contributed by atoms with Crippen LogP contribution < -0.4 is 28.4 Å². The molecule has 0 unspecified atom stereocenters. The summed E-state index contributed by atoms with van der Waals surface area (Å²) in [6, 6.07) is 22.4. The fraction of sp³-hybridized carbons (Fsp3) is 0.163. The van der Waals surface area contributed by atoms with Gasteiger partial charge < -0.3 is 42.0 Å². The number of pyridine rings is 1. The molecule has 12 rings (SSSR count). The zero-order valence-electron chi connectivity index (χ0n) is 38.3. The highest BCUT2D eigenvalue weighted by molar-refractivity contribution is 7.18. The summed E-state index contributed by atoms with van der Waals surface area (Å²) in [7, 11) is 4.75. The number of aryl methyl sites for hydroxylation is 1. The zero-order chi connectivity index (χ0) is 48.9. The molecule has 0 radical (unpaired) electrons. The molecule has 9 heterocycles. The van der Waals surface area contributed by atoms with Crippen molar-refractivity contribution in [2.24, 2.45) is 0 Å². The quantitative estimate of drug-likeness (QED) is 0.0448. The molecule has 9 aromatic heterocycles. The van der Waals surface area contributed by atoms with E-state index in [1.54, 1.807) is 78.4 Å². The van der Waals surface area contributed by atoms with E-state index in [0.717, 1.165) is 37.5 Å². The Morgan fingerprint density at radius 1 is 0.653 bits per heavy atom. The maximum atomic E-state index is 14.3. The highest BCUT2D eigenvalue weighted by Crippen LogP contribution is 2.40. The predicted octanol–water partition coefficient (Wildman–Crippen LogP) is 11.5. The summed E-state index contributed by atoms with van der Waals surface area (Å²) in [5.41, 5.74) is 6.07. The standard InChI is InChI=1S/C49H36FN9O9S4/c1-25-36(22-65-38-13-30(61-3)15-40-33(38)17-42(68-40)34-18-58-46(54-34)71-48(56-58)62-4)53-44(70-25)27-8-5-7-26(11-27)20-63-24-66-49-57-59-19-35(55-47(59)72-49)41-16-32-37(12-29(60-2)14-39(32)67-41)64-21-28-23-69-45(52-28)31-9-6-10-51-43(31)50/h5-19,23H,20-22,24H2,1-4H3. The number of methoxy groups -OCH3 is 3. The van der Waals surface area contributed by atoms with Crippen molar-refractivity contribution in [2.45, 2.75) is 26.7 Å². The SMILES string of the molecule is COc1cc(OCc2nc(-c3cccc(COCOc4nn5cc(-c6cc7c(OCc8csc(-c9cccnc9F)n8)cc(OC)cc7o6)nc5s4)c3)sc2C)c2cc(-c3cn4nc(OC)sc4n3)oc2c1. The largest absolute Gasteiger partial charge is 0.496 e. The van der Waals surface area contributed by atoms with Gasteiger partial charge in [-0.15, -0.1) is 32.9 Å². The number of nitrogens with zero attached hydrogens (tertiary/aromatic N) is 9. The highest BCUT2D eigenvalue weighted by Gasteiger charge is 2.21. The molecule has 0 saturated carbocycles. The summed E-state index contributed by atoms with van der Waals surface area (Å²) in [6.07, 6.45) is 4.97. The normalized spacial score (nSPS) is 11.7. The average Bonchev–Trinajstić information content (AvgIpc) is 4.26. The number of hydrogen-bond donors (Lipinski definition) is 0. The Balaban J connectivity index is 0.665. The number of ether oxygens (including phenoxy) is 7. The molecule has 0 bridgehead atoms. The molecule has 0 spiro atoms. The number of hydrogen-bond acceptors (Lipinski definition) is 20. The number of aromatic nitrogens is 9. The Morgan fingerprint density at radius 2 is 1.33 bits per heavy atom. The molecule has 0 N–H and O–H groups in total. The van der Waals surface area contributed by atoms with Crippen LogP contribution in [0.15, 0.2) is 106 Å². The first-order valence-corrected chi connectivity index (χ1v) is 25.1. The van der Waals surface area contributed by atoms with Gasteiger partial charge in [0.2, 0.25) is 15.9 Å². The lowest BCUT2D eigenvalue weighted by molar-refractivity contribution is 0.00446. The van der Waals surface area contributed by atoms with Gasteiger partial charge >= 0.3 is 0 Å². The molecule has 72 heavy (non-hydrogen) atoms. The second kappa shape index (κ2) is 19.0. The number of rotatable bonds is 18. The lowest BCUT2D eigenvalue weighted by Crippen LogP contribution is -2.03. The van der Waals surface area contributed by atoms with E-state index in [4.69, 9.17) is 52.0 Å². The van der Waals surface area contributed by atoms with E-state index in [-0.39, 0.29) is 20.0 Å². The van der Waals surface area contributed by atoms with E-state index in [1.165, 1.54) is 40.2 Å². The van der Waals surface area contributed by atoms with E-state index in [1.807, 2.05) is 54.8 Å². The topological polar surface area (TPSA) is 190 Å². The Morgan fingerprint density at radius 3 is 2.00 bits per heavy atom. The third-order valence-corrected chi connectivity index (χ3v) is 14.9. The molecule has 0 aliphatic rings. The van der Waals surface area contributed by atoms with Gasteiger partial charge in [-0.2, -0.15) is 4.39 Å². The molecule has 0 aliphatic heterocycles. The molecule has 0 aliphatic carbocycles. The minimum atomic E-state index is -0.573. The molecule has 12 aromatic rings. The van der Waals surface area contributed by atoms with Gasteiger partial charge in [0.15, 0.2) is 18.3 Å². The first-order valence-electron chi connectivity index (χ1n) is 21.8. The number of thiazole rings is 2. The van der Waals surface area contributed by atoms with Crippen molar-refractivity contribution in [3.63, 3.8) is 0 Å². The third kappa shape index (κ3) is 8.91. The minimum Gasteiger partial charge on any atom is -0.496 e. The molecule has 0 amide bonds. The first kappa shape index (κ1) is 45.2. The van der Waals surface area contributed by atoms with Crippen molar-refractivity contribution in [2.75, 3.05) is 28.1 Å². The van der Waals surface area contributed by atoms with E-state index in [0.29, 0.717) is 100 Å². The smallest absolute Gasteiger partial charge is 0.296 e. The molecule has 362 valence electrons. The number of halogens is 1. The van der Waals surface area contributed by atoms with Crippen molar-refractivity contribution in [1.82, 2.24) is 44.1 Å². The van der Waals surface area contributed by atoms with Crippen molar-refractivity contribution in [3.05, 3.63) is 125 Å². The predicted molar refractivity (Wildman–Crippen MR) is 268 cm³/mol. The second-order valence-corrected chi connectivity index (χ2v) is 19.7. The van der Waals surface area contributed by atoms with Crippen LogP contribution in [0.2, 0.25) is 0 Å². The third-order valence-electron chi connectivity index (χ3n) is 11.2. The van der Waals surface area contributed by atoms with Crippen molar-refractivity contribution < 1.29 is 46.4 Å². The fourth-order valence-electron chi connectivity index (χ4n) is 7.71. The van der Waals surface area contributed by atoms with E-state index < -0.39 is 5.95 Å². The number of furan rings is 2. The average molecular weight is 1040 g/mol. The van der Waals surface area contributed by atoms with Crippen LogP contribution in [0.4, 0.5) is 4.39 Å². The van der Waals surface area contributed by atoms with Crippen molar-refractivity contribution in [1.29, 1.82) is 0 Å². The molecule has 0 atom stereocenters. The summed E-state index contributed by atoms with van der Waals surface area (Å²) in [4.78, 5) is 25.0. The van der Waals surface area contributed by atoms with Crippen LogP contribution in [0.5, 0.6) is 33.4 Å². The lowest BCUT2D eigenvalue weighted by atomic mass is 10.1. The van der Waals surface area contributed by atoms with E-state index in [9.17, 15) is 4.39 Å². The van der Waals surface area contributed by atoms with Crippen LogP contribution >= 0.6 is 45.3 Å². The molecule has 0 fully saturated rings. The van der Waals surface area contributed by atoms with Crippen LogP contribution in [0.1, 0.15) is 21.8 Å². The van der Waals surface area contributed by atoms with Gasteiger partial charge in [-0.3, -0.25) is 0 Å². The molecular formula is C49H36FN9O9S4. The number of fused-ring (bicyclic) bond motifs is 4. The van der Waals surface area contributed by atoms with Gasteiger partial charge in [0, 0.05) is 46.3 Å². The van der Waals surface area contributed by atoms with Gasteiger partial charge in [0.05, 0.1) is 68.1 Å². The van der Waals surface area contributed by atoms with Crippen molar-refractivity contribution in [3.8, 4) is 77.4 Å². The second-order valence-electron chi connectivity index (χ2n) is 15.8. The molecule has 0 saturated heterocycles. The maximum Gasteiger partial charge on any atom is 0.296 e. The van der Waals surface area contributed by atoms with Crippen molar-refractivity contribution >= 4 is 77.2 Å². The fourth-order valence-corrected chi connectivity index (χ4v) is 10.9.